The molecule has 172 valence electrons. The van der Waals surface area contributed by atoms with Gasteiger partial charge in [0, 0.05) is 30.7 Å². The van der Waals surface area contributed by atoms with Gasteiger partial charge in [0.1, 0.15) is 0 Å². The predicted octanol–water partition coefficient (Wildman–Crippen LogP) is 4.17. The van der Waals surface area contributed by atoms with Crippen LogP contribution in [0.1, 0.15) is 26.7 Å². The monoisotopic (exact) mass is 455 g/mol. The van der Waals surface area contributed by atoms with E-state index in [1.165, 1.54) is 19.1 Å². The van der Waals surface area contributed by atoms with E-state index >= 15 is 0 Å². The number of carbonyl (C=O) groups is 2. The maximum atomic E-state index is 13.7. The van der Waals surface area contributed by atoms with Crippen LogP contribution in [0.4, 0.5) is 14.5 Å². The Morgan fingerprint density at radius 2 is 2.06 bits per heavy atom. The first kappa shape index (κ1) is 23.7. The van der Waals surface area contributed by atoms with Crippen molar-refractivity contribution in [1.82, 2.24) is 15.5 Å². The number of amides is 2. The number of anilines is 1. The highest BCUT2D eigenvalue weighted by molar-refractivity contribution is 6.26. The second-order valence-corrected chi connectivity index (χ2v) is 7.44. The second kappa shape index (κ2) is 9.27. The fourth-order valence-electron chi connectivity index (χ4n) is 3.24. The number of alkyl halides is 2. The first-order chi connectivity index (χ1) is 15.5. The van der Waals surface area contributed by atoms with Crippen LogP contribution < -0.4 is 10.3 Å². The number of hydrogen-bond donors (Lipinski definition) is 1. The number of hydrogen-bond acceptors (Lipinski definition) is 6. The predicted molar refractivity (Wildman–Crippen MR) is 119 cm³/mol. The lowest BCUT2D eigenvalue weighted by Gasteiger charge is -2.16. The molecule has 2 amide bonds. The van der Waals surface area contributed by atoms with Crippen molar-refractivity contribution < 1.29 is 22.9 Å². The SMILES string of the molecule is C=C/C(=C\C(=C/C)C(C)(F)F)NC(=O)C1C(=O)N(c2cccc(-c3noc(C)n3)c2)N=C1C. The Bertz CT molecular complexity index is 1190. The van der Waals surface area contributed by atoms with E-state index in [-0.39, 0.29) is 17.0 Å². The zero-order chi connectivity index (χ0) is 24.3. The lowest BCUT2D eigenvalue weighted by molar-refractivity contribution is -0.129. The summed E-state index contributed by atoms with van der Waals surface area (Å²) in [6.45, 7) is 8.97. The van der Waals surface area contributed by atoms with Crippen molar-refractivity contribution in [2.75, 3.05) is 5.01 Å². The topological polar surface area (TPSA) is 101 Å². The van der Waals surface area contributed by atoms with Gasteiger partial charge < -0.3 is 9.84 Å². The fourth-order valence-corrected chi connectivity index (χ4v) is 3.24. The molecule has 2 aromatic rings. The van der Waals surface area contributed by atoms with E-state index in [0.29, 0.717) is 23.0 Å². The van der Waals surface area contributed by atoms with Crippen LogP contribution in [0.2, 0.25) is 0 Å². The van der Waals surface area contributed by atoms with Crippen LogP contribution in [0.15, 0.2) is 70.0 Å². The fraction of sp³-hybridized carbons (Fsp3) is 0.261. The third-order valence-corrected chi connectivity index (χ3v) is 4.89. The molecule has 0 aliphatic carbocycles. The van der Waals surface area contributed by atoms with E-state index in [0.717, 1.165) is 18.0 Å². The molecule has 2 heterocycles. The van der Waals surface area contributed by atoms with Gasteiger partial charge in [0.2, 0.25) is 17.6 Å². The van der Waals surface area contributed by atoms with Crippen LogP contribution in [0.5, 0.6) is 0 Å². The molecule has 0 fully saturated rings. The smallest absolute Gasteiger partial charge is 0.270 e. The van der Waals surface area contributed by atoms with Crippen LogP contribution in [-0.2, 0) is 9.59 Å². The second-order valence-electron chi connectivity index (χ2n) is 7.44. The third-order valence-electron chi connectivity index (χ3n) is 4.89. The van der Waals surface area contributed by atoms with Gasteiger partial charge in [0.25, 0.3) is 11.8 Å². The molecule has 10 heteroatoms. The standard InChI is InChI=1S/C23H23F2N5O3/c1-6-16(23(5,24)25)12-17(7-2)27-21(31)19-13(3)28-30(22(19)32)18-10-8-9-15(11-18)20-26-14(4)33-29-20/h6-12,19H,2H2,1,3-5H3,(H,27,31)/b16-6+,17-12+. The Balaban J connectivity index is 1.82. The lowest BCUT2D eigenvalue weighted by atomic mass is 10.0. The van der Waals surface area contributed by atoms with Crippen LogP contribution >= 0.6 is 0 Å². The number of halogens is 2. The summed E-state index contributed by atoms with van der Waals surface area (Å²) >= 11 is 0. The zero-order valence-corrected chi connectivity index (χ0v) is 18.6. The van der Waals surface area contributed by atoms with Gasteiger partial charge in [-0.25, -0.2) is 8.78 Å². The van der Waals surface area contributed by atoms with Crippen molar-refractivity contribution in [2.45, 2.75) is 33.6 Å². The summed E-state index contributed by atoms with van der Waals surface area (Å²) < 4.78 is 32.4. The van der Waals surface area contributed by atoms with E-state index in [1.54, 1.807) is 38.1 Å². The van der Waals surface area contributed by atoms with Gasteiger partial charge >= 0.3 is 0 Å². The molecule has 0 spiro atoms. The maximum Gasteiger partial charge on any atom is 0.270 e. The number of allylic oxidation sites excluding steroid dienone is 4. The molecular formula is C23H23F2N5O3. The molecule has 3 rings (SSSR count). The molecule has 1 unspecified atom stereocenters. The van der Waals surface area contributed by atoms with Gasteiger partial charge in [-0.05, 0) is 38.1 Å². The number of carbonyl (C=O) groups excluding carboxylic acids is 2. The molecule has 0 saturated carbocycles. The minimum atomic E-state index is -3.10. The molecule has 0 bridgehead atoms. The number of rotatable bonds is 7. The third kappa shape index (κ3) is 5.11. The largest absolute Gasteiger partial charge is 0.339 e. The molecule has 0 saturated heterocycles. The van der Waals surface area contributed by atoms with E-state index in [9.17, 15) is 18.4 Å². The van der Waals surface area contributed by atoms with Crippen LogP contribution in [0.25, 0.3) is 11.4 Å². The number of nitrogens with one attached hydrogen (secondary N) is 1. The molecule has 33 heavy (non-hydrogen) atoms. The van der Waals surface area contributed by atoms with Gasteiger partial charge in [-0.3, -0.25) is 9.59 Å². The summed E-state index contributed by atoms with van der Waals surface area (Å²) in [5.74, 6) is -4.86. The molecular weight excluding hydrogens is 432 g/mol. The molecule has 1 N–H and O–H groups in total. The van der Waals surface area contributed by atoms with Crippen molar-refractivity contribution in [3.63, 3.8) is 0 Å². The zero-order valence-electron chi connectivity index (χ0n) is 18.6. The van der Waals surface area contributed by atoms with Crippen molar-refractivity contribution in [3.05, 3.63) is 66.2 Å². The van der Waals surface area contributed by atoms with Crippen molar-refractivity contribution in [1.29, 1.82) is 0 Å². The highest BCUT2D eigenvalue weighted by atomic mass is 19.3. The van der Waals surface area contributed by atoms with Gasteiger partial charge in [0.15, 0.2) is 5.92 Å². The van der Waals surface area contributed by atoms with Crippen LogP contribution in [0, 0.1) is 12.8 Å². The molecule has 1 aromatic heterocycles. The highest BCUT2D eigenvalue weighted by Crippen LogP contribution is 2.28. The average Bonchev–Trinajstić information content (AvgIpc) is 3.32. The molecule has 0 radical (unpaired) electrons. The summed E-state index contributed by atoms with van der Waals surface area (Å²) in [7, 11) is 0. The van der Waals surface area contributed by atoms with Gasteiger partial charge in [0.05, 0.1) is 11.4 Å². The van der Waals surface area contributed by atoms with Crippen LogP contribution in [0.3, 0.4) is 0 Å². The summed E-state index contributed by atoms with van der Waals surface area (Å²) in [4.78, 5) is 30.1. The van der Waals surface area contributed by atoms with E-state index in [1.807, 2.05) is 0 Å². The average molecular weight is 455 g/mol. The minimum absolute atomic E-state index is 0.0446. The molecule has 1 aliphatic rings. The van der Waals surface area contributed by atoms with Crippen LogP contribution in [-0.4, -0.2) is 33.6 Å². The molecule has 1 aromatic carbocycles. The number of aryl methyl sites for hydroxylation is 1. The molecule has 8 nitrogen and oxygen atoms in total. The van der Waals surface area contributed by atoms with E-state index in [4.69, 9.17) is 4.52 Å². The normalized spacial score (nSPS) is 17.3. The lowest BCUT2D eigenvalue weighted by Crippen LogP contribution is -2.39. The Hall–Kier alpha value is -3.95. The summed E-state index contributed by atoms with van der Waals surface area (Å²) in [6.07, 6.45) is 3.58. The number of nitrogens with zero attached hydrogens (tertiary/aromatic N) is 4. The first-order valence-corrected chi connectivity index (χ1v) is 10.0. The Labute approximate surface area is 189 Å². The van der Waals surface area contributed by atoms with Gasteiger partial charge in [-0.2, -0.15) is 15.1 Å². The van der Waals surface area contributed by atoms with Crippen molar-refractivity contribution in [2.24, 2.45) is 11.0 Å². The minimum Gasteiger partial charge on any atom is -0.339 e. The summed E-state index contributed by atoms with van der Waals surface area (Å²) in [5, 5.41) is 11.7. The number of hydrazone groups is 1. The summed E-state index contributed by atoms with van der Waals surface area (Å²) in [5.41, 5.74) is 1.03. The van der Waals surface area contributed by atoms with E-state index in [2.05, 4.69) is 27.1 Å². The number of aromatic nitrogens is 2. The first-order valence-electron chi connectivity index (χ1n) is 10.0. The quantitative estimate of drug-likeness (QED) is 0.499. The van der Waals surface area contributed by atoms with E-state index < -0.39 is 23.7 Å². The Kier molecular flexibility index (Phi) is 6.66. The maximum absolute atomic E-state index is 13.7. The summed E-state index contributed by atoms with van der Waals surface area (Å²) in [6, 6.07) is 6.75. The molecule has 1 atom stereocenters. The molecule has 1 aliphatic heterocycles. The van der Waals surface area contributed by atoms with Gasteiger partial charge in [-0.15, -0.1) is 0 Å². The van der Waals surface area contributed by atoms with Gasteiger partial charge in [-0.1, -0.05) is 29.9 Å². The van der Waals surface area contributed by atoms with Crippen molar-refractivity contribution >= 4 is 23.2 Å². The highest BCUT2D eigenvalue weighted by Gasteiger charge is 2.40. The van der Waals surface area contributed by atoms with Crippen molar-refractivity contribution in [3.8, 4) is 11.4 Å². The Morgan fingerprint density at radius 3 is 2.64 bits per heavy atom. The Morgan fingerprint density at radius 1 is 1.33 bits per heavy atom. The number of benzene rings is 1.